The van der Waals surface area contributed by atoms with Gasteiger partial charge in [0.25, 0.3) is 0 Å². The molecule has 0 radical (unpaired) electrons. The van der Waals surface area contributed by atoms with Gasteiger partial charge in [-0.3, -0.25) is 9.59 Å². The molecule has 0 aliphatic carbocycles. The van der Waals surface area contributed by atoms with E-state index in [4.69, 9.17) is 11.6 Å². The van der Waals surface area contributed by atoms with Crippen LogP contribution in [-0.4, -0.2) is 34.3 Å². The molecular formula is C22H21ClN2O2. The molecule has 0 unspecified atom stereocenters. The van der Waals surface area contributed by atoms with E-state index in [-0.39, 0.29) is 11.8 Å². The summed E-state index contributed by atoms with van der Waals surface area (Å²) < 4.78 is 0. The lowest BCUT2D eigenvalue weighted by atomic mass is 9.60. The molecular weight excluding hydrogens is 360 g/mol. The van der Waals surface area contributed by atoms with Crippen molar-refractivity contribution in [3.63, 3.8) is 0 Å². The first kappa shape index (κ1) is 16.8. The summed E-state index contributed by atoms with van der Waals surface area (Å²) in [4.78, 5) is 27.8. The second-order valence-electron chi connectivity index (χ2n) is 7.96. The van der Waals surface area contributed by atoms with Crippen molar-refractivity contribution in [2.75, 3.05) is 6.54 Å². The van der Waals surface area contributed by atoms with Crippen LogP contribution in [0.15, 0.2) is 60.7 Å². The normalized spacial score (nSPS) is 34.5. The highest BCUT2D eigenvalue weighted by molar-refractivity contribution is 6.29. The highest BCUT2D eigenvalue weighted by atomic mass is 35.5. The van der Waals surface area contributed by atoms with Gasteiger partial charge in [0.1, 0.15) is 16.0 Å². The Morgan fingerprint density at radius 2 is 1.67 bits per heavy atom. The predicted octanol–water partition coefficient (Wildman–Crippen LogP) is 3.00. The van der Waals surface area contributed by atoms with E-state index < -0.39 is 16.0 Å². The van der Waals surface area contributed by atoms with Gasteiger partial charge in [0.15, 0.2) is 0 Å². The molecule has 4 aliphatic heterocycles. The number of nitrogens with one attached hydrogen (secondary N) is 1. The average molecular weight is 381 g/mol. The molecule has 0 saturated carbocycles. The van der Waals surface area contributed by atoms with E-state index in [9.17, 15) is 9.59 Å². The molecule has 5 heteroatoms. The number of carbonyl (C=O) groups is 2. The van der Waals surface area contributed by atoms with Crippen molar-refractivity contribution < 1.29 is 9.59 Å². The second-order valence-corrected chi connectivity index (χ2v) is 8.61. The van der Waals surface area contributed by atoms with Crippen molar-refractivity contribution >= 4 is 23.4 Å². The number of alkyl halides is 1. The highest BCUT2D eigenvalue weighted by Crippen LogP contribution is 2.60. The van der Waals surface area contributed by atoms with Crippen LogP contribution in [0.5, 0.6) is 0 Å². The molecule has 4 heterocycles. The van der Waals surface area contributed by atoms with E-state index >= 15 is 0 Å². The van der Waals surface area contributed by atoms with Crippen LogP contribution in [0, 0.1) is 0 Å². The number of rotatable bonds is 3. The van der Waals surface area contributed by atoms with E-state index in [1.807, 2.05) is 60.7 Å². The monoisotopic (exact) mass is 380 g/mol. The molecule has 4 fully saturated rings. The summed E-state index contributed by atoms with van der Waals surface area (Å²) in [5, 5.41) is 3.10. The minimum atomic E-state index is -0.998. The zero-order valence-electron chi connectivity index (χ0n) is 15.0. The topological polar surface area (TPSA) is 49.4 Å². The molecule has 0 aromatic heterocycles. The molecule has 4 aliphatic rings. The van der Waals surface area contributed by atoms with Crippen molar-refractivity contribution in [3.05, 3.63) is 71.8 Å². The number of halogens is 1. The molecule has 4 saturated heterocycles. The quantitative estimate of drug-likeness (QED) is 0.832. The second kappa shape index (κ2) is 5.59. The minimum absolute atomic E-state index is 0.00987. The fourth-order valence-electron chi connectivity index (χ4n) is 5.41. The number of amides is 2. The molecule has 2 aromatic rings. The van der Waals surface area contributed by atoms with Gasteiger partial charge in [0, 0.05) is 19.4 Å². The van der Waals surface area contributed by atoms with Crippen LogP contribution in [0.2, 0.25) is 0 Å². The van der Waals surface area contributed by atoms with E-state index in [1.165, 1.54) is 0 Å². The van der Waals surface area contributed by atoms with Gasteiger partial charge in [-0.15, -0.1) is 11.6 Å². The van der Waals surface area contributed by atoms with Crippen LogP contribution in [-0.2, 0) is 20.9 Å². The Bertz CT molecular complexity index is 918. The lowest BCUT2D eigenvalue weighted by molar-refractivity contribution is -0.173. The summed E-state index contributed by atoms with van der Waals surface area (Å²) in [5.41, 5.74) is -0.0572. The molecule has 2 amide bonds. The largest absolute Gasteiger partial charge is 0.339 e. The molecule has 27 heavy (non-hydrogen) atoms. The van der Waals surface area contributed by atoms with Gasteiger partial charge in [-0.2, -0.15) is 0 Å². The maximum absolute atomic E-state index is 13.5. The standard InChI is InChI=1S/C22H21ClN2O2/c23-21(17-10-5-2-6-11-17)15-20(14-16-8-3-1-4-9-16)19(27)25-13-7-12-22(21,25)18(26)24-20/h1-6,8-11H,7,12-15H2,(H,24,26)/t20-,21-,22+/m0/s1. The van der Waals surface area contributed by atoms with Crippen molar-refractivity contribution in [1.29, 1.82) is 0 Å². The van der Waals surface area contributed by atoms with Crippen LogP contribution >= 0.6 is 11.6 Å². The Morgan fingerprint density at radius 1 is 1.00 bits per heavy atom. The minimum Gasteiger partial charge on any atom is -0.339 e. The van der Waals surface area contributed by atoms with E-state index in [0.717, 1.165) is 17.5 Å². The summed E-state index contributed by atoms with van der Waals surface area (Å²) in [6.07, 6.45) is 2.25. The lowest BCUT2D eigenvalue weighted by Gasteiger charge is -2.62. The average Bonchev–Trinajstić information content (AvgIpc) is 3.14. The molecule has 2 bridgehead atoms. The van der Waals surface area contributed by atoms with Crippen molar-refractivity contribution in [2.24, 2.45) is 0 Å². The fraction of sp³-hybridized carbons (Fsp3) is 0.364. The first-order valence-corrected chi connectivity index (χ1v) is 9.83. The Balaban J connectivity index is 1.68. The van der Waals surface area contributed by atoms with E-state index in [2.05, 4.69) is 5.32 Å². The predicted molar refractivity (Wildman–Crippen MR) is 103 cm³/mol. The summed E-state index contributed by atoms with van der Waals surface area (Å²) in [7, 11) is 0. The molecule has 3 atom stereocenters. The smallest absolute Gasteiger partial charge is 0.249 e. The van der Waals surface area contributed by atoms with E-state index in [1.54, 1.807) is 4.90 Å². The zero-order valence-corrected chi connectivity index (χ0v) is 15.7. The van der Waals surface area contributed by atoms with Gasteiger partial charge in [0.05, 0.1) is 0 Å². The number of nitrogens with zero attached hydrogens (tertiary/aromatic N) is 1. The summed E-state index contributed by atoms with van der Waals surface area (Å²) in [6, 6.07) is 19.6. The third-order valence-electron chi connectivity index (χ3n) is 6.55. The summed E-state index contributed by atoms with van der Waals surface area (Å²) in [5.74, 6) is -0.101. The maximum Gasteiger partial charge on any atom is 0.249 e. The van der Waals surface area contributed by atoms with Crippen molar-refractivity contribution in [3.8, 4) is 0 Å². The van der Waals surface area contributed by atoms with Gasteiger partial charge in [0.2, 0.25) is 11.8 Å². The summed E-state index contributed by atoms with van der Waals surface area (Å²) >= 11 is 7.35. The number of hydrogen-bond donors (Lipinski definition) is 1. The molecule has 4 nitrogen and oxygen atoms in total. The van der Waals surface area contributed by atoms with Gasteiger partial charge < -0.3 is 10.2 Å². The Labute approximate surface area is 163 Å². The van der Waals surface area contributed by atoms with Crippen LogP contribution < -0.4 is 5.32 Å². The molecule has 2 aromatic carbocycles. The lowest BCUT2D eigenvalue weighted by Crippen LogP contribution is -2.85. The fourth-order valence-corrected chi connectivity index (χ4v) is 6.04. The van der Waals surface area contributed by atoms with E-state index in [0.29, 0.717) is 25.8 Å². The first-order valence-electron chi connectivity index (χ1n) is 9.45. The van der Waals surface area contributed by atoms with Crippen LogP contribution in [0.3, 0.4) is 0 Å². The Kier molecular flexibility index (Phi) is 3.48. The number of piperidine rings is 2. The molecule has 1 spiro atoms. The Morgan fingerprint density at radius 3 is 2.37 bits per heavy atom. The number of piperazine rings is 1. The van der Waals surface area contributed by atoms with Crippen molar-refractivity contribution in [1.82, 2.24) is 10.2 Å². The summed E-state index contributed by atoms with van der Waals surface area (Å²) in [6.45, 7) is 0.587. The molecule has 138 valence electrons. The number of benzene rings is 2. The zero-order chi connectivity index (χ0) is 18.7. The number of carbonyl (C=O) groups excluding carboxylic acids is 2. The van der Waals surface area contributed by atoms with Gasteiger partial charge in [-0.05, 0) is 24.0 Å². The Hall–Kier alpha value is -2.33. The van der Waals surface area contributed by atoms with Gasteiger partial charge >= 0.3 is 0 Å². The van der Waals surface area contributed by atoms with Gasteiger partial charge in [-0.25, -0.2) is 0 Å². The first-order chi connectivity index (χ1) is 13.0. The van der Waals surface area contributed by atoms with Gasteiger partial charge in [-0.1, -0.05) is 60.7 Å². The maximum atomic E-state index is 13.5. The van der Waals surface area contributed by atoms with Crippen molar-refractivity contribution in [2.45, 2.75) is 41.6 Å². The SMILES string of the molecule is O=C1N2CCC[C@]23C(=O)N[C@@]1(Cc1ccccc1)C[C@]3(Cl)c1ccccc1. The molecule has 1 N–H and O–H groups in total. The van der Waals surface area contributed by atoms with Crippen LogP contribution in [0.25, 0.3) is 0 Å². The number of hydrogen-bond acceptors (Lipinski definition) is 2. The third-order valence-corrected chi connectivity index (χ3v) is 7.21. The molecule has 6 rings (SSSR count). The van der Waals surface area contributed by atoms with Crippen LogP contribution in [0.1, 0.15) is 30.4 Å². The number of fused-ring (bicyclic) bond motifs is 2. The highest BCUT2D eigenvalue weighted by Gasteiger charge is 2.75. The third kappa shape index (κ3) is 2.05. The van der Waals surface area contributed by atoms with Crippen LogP contribution in [0.4, 0.5) is 0 Å².